The van der Waals surface area contributed by atoms with Crippen molar-refractivity contribution in [1.29, 1.82) is 0 Å². The SMILES string of the molecule is COC(=O)C1O[C@@H](Br)C(OC(C)=O)[C@@H](OC(C)=O)[C@H]1OC(C)=O. The zero-order chi connectivity index (χ0) is 17.7. The summed E-state index contributed by atoms with van der Waals surface area (Å²) in [7, 11) is 1.12. The fourth-order valence-corrected chi connectivity index (χ4v) is 2.71. The molecule has 23 heavy (non-hydrogen) atoms. The van der Waals surface area contributed by atoms with Gasteiger partial charge in [-0.15, -0.1) is 0 Å². The lowest BCUT2D eigenvalue weighted by atomic mass is 9.99. The van der Waals surface area contributed by atoms with Gasteiger partial charge in [0, 0.05) is 20.8 Å². The number of carbonyl (C=O) groups excluding carboxylic acids is 4. The van der Waals surface area contributed by atoms with Crippen LogP contribution in [0.2, 0.25) is 0 Å². The molecule has 1 heterocycles. The topological polar surface area (TPSA) is 114 Å². The van der Waals surface area contributed by atoms with Gasteiger partial charge in [0.25, 0.3) is 0 Å². The first-order valence-corrected chi connectivity index (χ1v) is 7.48. The Labute approximate surface area is 140 Å². The molecule has 130 valence electrons. The van der Waals surface area contributed by atoms with Crippen LogP contribution >= 0.6 is 15.9 Å². The van der Waals surface area contributed by atoms with Crippen molar-refractivity contribution in [3.8, 4) is 0 Å². The second-order valence-corrected chi connectivity index (χ2v) is 5.56. The van der Waals surface area contributed by atoms with Crippen LogP contribution < -0.4 is 0 Å². The number of esters is 4. The van der Waals surface area contributed by atoms with Crippen LogP contribution in [0.4, 0.5) is 0 Å². The van der Waals surface area contributed by atoms with Gasteiger partial charge in [-0.1, -0.05) is 15.9 Å². The van der Waals surface area contributed by atoms with Crippen molar-refractivity contribution in [2.45, 2.75) is 50.2 Å². The summed E-state index contributed by atoms with van der Waals surface area (Å²) in [5, 5.41) is -0.980. The number of methoxy groups -OCH3 is 1. The van der Waals surface area contributed by atoms with E-state index in [1.165, 1.54) is 0 Å². The van der Waals surface area contributed by atoms with E-state index in [0.29, 0.717) is 0 Å². The van der Waals surface area contributed by atoms with Crippen LogP contribution in [0.5, 0.6) is 0 Å². The van der Waals surface area contributed by atoms with Crippen LogP contribution in [0.3, 0.4) is 0 Å². The summed E-state index contributed by atoms with van der Waals surface area (Å²) in [6.07, 6.45) is -5.06. The molecule has 0 aromatic rings. The lowest BCUT2D eigenvalue weighted by molar-refractivity contribution is -0.234. The largest absolute Gasteiger partial charge is 0.467 e. The quantitative estimate of drug-likeness (QED) is 0.369. The van der Waals surface area contributed by atoms with Crippen LogP contribution in [0.15, 0.2) is 0 Å². The Morgan fingerprint density at radius 3 is 1.70 bits per heavy atom. The normalized spacial score (nSPS) is 30.0. The molecule has 5 atom stereocenters. The van der Waals surface area contributed by atoms with Gasteiger partial charge < -0.3 is 23.7 Å². The van der Waals surface area contributed by atoms with E-state index in [-0.39, 0.29) is 0 Å². The van der Waals surface area contributed by atoms with Gasteiger partial charge in [-0.3, -0.25) is 14.4 Å². The molecule has 0 aliphatic carbocycles. The highest BCUT2D eigenvalue weighted by Crippen LogP contribution is 2.31. The highest BCUT2D eigenvalue weighted by atomic mass is 79.9. The summed E-state index contributed by atoms with van der Waals surface area (Å²) in [4.78, 5) is 45.8. The molecule has 1 saturated heterocycles. The highest BCUT2D eigenvalue weighted by molar-refractivity contribution is 9.09. The van der Waals surface area contributed by atoms with Crippen LogP contribution in [0.1, 0.15) is 20.8 Å². The van der Waals surface area contributed by atoms with Crippen molar-refractivity contribution in [3.05, 3.63) is 0 Å². The second-order valence-electron chi connectivity index (χ2n) is 4.65. The van der Waals surface area contributed by atoms with Gasteiger partial charge >= 0.3 is 23.9 Å². The maximum atomic E-state index is 11.9. The monoisotopic (exact) mass is 396 g/mol. The molecule has 0 radical (unpaired) electrons. The average Bonchev–Trinajstić information content (AvgIpc) is 2.43. The number of ether oxygens (including phenoxy) is 5. The minimum absolute atomic E-state index is 0.668. The van der Waals surface area contributed by atoms with Crippen LogP contribution in [0, 0.1) is 0 Å². The Morgan fingerprint density at radius 2 is 1.26 bits per heavy atom. The van der Waals surface area contributed by atoms with Crippen molar-refractivity contribution in [2.75, 3.05) is 7.11 Å². The van der Waals surface area contributed by atoms with Crippen LogP contribution in [0.25, 0.3) is 0 Å². The Hall–Kier alpha value is -1.68. The second kappa shape index (κ2) is 8.25. The van der Waals surface area contributed by atoms with Crippen molar-refractivity contribution >= 4 is 39.8 Å². The zero-order valence-electron chi connectivity index (χ0n) is 12.9. The van der Waals surface area contributed by atoms with Crippen molar-refractivity contribution in [2.24, 2.45) is 0 Å². The Kier molecular flexibility index (Phi) is 6.95. The van der Waals surface area contributed by atoms with Crippen molar-refractivity contribution < 1.29 is 42.9 Å². The molecule has 9 nitrogen and oxygen atoms in total. The smallest absolute Gasteiger partial charge is 0.339 e. The van der Waals surface area contributed by atoms with Gasteiger partial charge in [-0.2, -0.15) is 0 Å². The van der Waals surface area contributed by atoms with E-state index < -0.39 is 53.3 Å². The maximum absolute atomic E-state index is 11.9. The maximum Gasteiger partial charge on any atom is 0.339 e. The molecule has 0 aromatic carbocycles. The first kappa shape index (κ1) is 19.4. The molecule has 1 aliphatic heterocycles. The summed E-state index contributed by atoms with van der Waals surface area (Å²) in [6, 6.07) is 0. The van der Waals surface area contributed by atoms with Gasteiger partial charge in [0.1, 0.15) is 0 Å². The molecular weight excluding hydrogens is 380 g/mol. The number of hydrogen-bond donors (Lipinski definition) is 0. The van der Waals surface area contributed by atoms with Gasteiger partial charge in [0.05, 0.1) is 7.11 Å². The average molecular weight is 397 g/mol. The minimum Gasteiger partial charge on any atom is -0.467 e. The third-order valence-electron chi connectivity index (χ3n) is 2.82. The van der Waals surface area contributed by atoms with Gasteiger partial charge in [0.2, 0.25) is 0 Å². The highest BCUT2D eigenvalue weighted by Gasteiger charge is 2.53. The molecular formula is C13H17BrO9. The Morgan fingerprint density at radius 1 is 0.826 bits per heavy atom. The molecule has 0 bridgehead atoms. The molecule has 1 fully saturated rings. The summed E-state index contributed by atoms with van der Waals surface area (Å²) < 4.78 is 25.2. The summed E-state index contributed by atoms with van der Waals surface area (Å²) >= 11 is 3.11. The minimum atomic E-state index is -1.36. The number of carbonyl (C=O) groups is 4. The third-order valence-corrected chi connectivity index (χ3v) is 3.56. The molecule has 0 amide bonds. The predicted octanol–water partition coefficient (Wildman–Crippen LogP) is 0.0743. The van der Waals surface area contributed by atoms with E-state index in [4.69, 9.17) is 18.9 Å². The first-order valence-electron chi connectivity index (χ1n) is 6.56. The fraction of sp³-hybridized carbons (Fsp3) is 0.692. The molecule has 1 rings (SSSR count). The van der Waals surface area contributed by atoms with Gasteiger partial charge in [-0.25, -0.2) is 4.79 Å². The summed E-state index contributed by atoms with van der Waals surface area (Å²) in [5.74, 6) is -2.95. The van der Waals surface area contributed by atoms with E-state index >= 15 is 0 Å². The number of halogens is 1. The third kappa shape index (κ3) is 5.17. The zero-order valence-corrected chi connectivity index (χ0v) is 14.5. The number of hydrogen-bond acceptors (Lipinski definition) is 9. The summed E-state index contributed by atoms with van der Waals surface area (Å²) in [5.41, 5.74) is 0. The van der Waals surface area contributed by atoms with E-state index in [1.54, 1.807) is 0 Å². The van der Waals surface area contributed by atoms with E-state index in [2.05, 4.69) is 20.7 Å². The molecule has 2 unspecified atom stereocenters. The lowest BCUT2D eigenvalue weighted by Crippen LogP contribution is -2.61. The molecule has 0 aromatic heterocycles. The Bertz CT molecular complexity index is 492. The number of rotatable bonds is 4. The fourth-order valence-electron chi connectivity index (χ4n) is 2.07. The van der Waals surface area contributed by atoms with E-state index in [1.807, 2.05) is 0 Å². The predicted molar refractivity (Wildman–Crippen MR) is 76.3 cm³/mol. The van der Waals surface area contributed by atoms with Crippen molar-refractivity contribution in [1.82, 2.24) is 0 Å². The summed E-state index contributed by atoms with van der Waals surface area (Å²) in [6.45, 7) is 3.39. The van der Waals surface area contributed by atoms with Gasteiger partial charge in [-0.05, 0) is 0 Å². The van der Waals surface area contributed by atoms with Crippen LogP contribution in [-0.2, 0) is 42.9 Å². The molecule has 1 aliphatic rings. The lowest BCUT2D eigenvalue weighted by Gasteiger charge is -2.41. The first-order chi connectivity index (χ1) is 10.7. The van der Waals surface area contributed by atoms with Crippen molar-refractivity contribution in [3.63, 3.8) is 0 Å². The van der Waals surface area contributed by atoms with E-state index in [9.17, 15) is 19.2 Å². The number of alkyl halides is 1. The van der Waals surface area contributed by atoms with Crippen LogP contribution in [-0.4, -0.2) is 60.4 Å². The molecule has 0 saturated carbocycles. The standard InChI is InChI=1S/C13H17BrO9/c1-5(15)20-8-9(21-6(2)16)11(13(18)19-4)23-12(14)10(8)22-7(3)17/h8-12H,1-4H3/t8-,9+,10?,11?,12+/m0/s1. The molecule has 0 spiro atoms. The molecule has 10 heteroatoms. The van der Waals surface area contributed by atoms with E-state index in [0.717, 1.165) is 27.9 Å². The van der Waals surface area contributed by atoms with Gasteiger partial charge in [0.15, 0.2) is 29.4 Å². The Balaban J connectivity index is 3.21. The molecule has 0 N–H and O–H groups in total.